The Labute approximate surface area is 107 Å². The van der Waals surface area contributed by atoms with Crippen LogP contribution in [0.4, 0.5) is 0 Å². The molecule has 0 saturated heterocycles. The van der Waals surface area contributed by atoms with Crippen LogP contribution in [0.2, 0.25) is 0 Å². The molecule has 0 radical (unpaired) electrons. The van der Waals surface area contributed by atoms with E-state index in [4.69, 9.17) is 0 Å². The highest BCUT2D eigenvalue weighted by molar-refractivity contribution is 5.78. The molecule has 0 aromatic carbocycles. The van der Waals surface area contributed by atoms with E-state index >= 15 is 0 Å². The van der Waals surface area contributed by atoms with Crippen molar-refractivity contribution in [3.8, 4) is 0 Å². The topological polar surface area (TPSA) is 80.0 Å². The fourth-order valence-electron chi connectivity index (χ4n) is 1.55. The molecule has 2 N–H and O–H groups in total. The lowest BCUT2D eigenvalue weighted by Crippen LogP contribution is -2.48. The Kier molecular flexibility index (Phi) is 4.84. The van der Waals surface area contributed by atoms with Crippen LogP contribution in [0.3, 0.4) is 0 Å². The highest BCUT2D eigenvalue weighted by Crippen LogP contribution is 2.10. The van der Waals surface area contributed by atoms with Crippen molar-refractivity contribution in [2.24, 2.45) is 5.92 Å². The van der Waals surface area contributed by atoms with E-state index in [1.807, 2.05) is 11.6 Å². The number of hydrogen-bond acceptors (Lipinski definition) is 4. The fraction of sp³-hybridized carbons (Fsp3) is 0.750. The third-order valence-electron chi connectivity index (χ3n) is 3.05. The molecule has 1 atom stereocenters. The standard InChI is InChI=1S/C12H22N4O2/c1-5-12(4,11(17)18)14-6-10-13-8-15-16(10)7-9(2)3/h8-9,14H,5-7H2,1-4H3,(H,17,18). The Balaban J connectivity index is 2.68. The second-order valence-electron chi connectivity index (χ2n) is 5.10. The molecule has 0 fully saturated rings. The Hall–Kier alpha value is -1.43. The number of aromatic nitrogens is 3. The highest BCUT2D eigenvalue weighted by Gasteiger charge is 2.30. The molecule has 102 valence electrons. The molecule has 6 heteroatoms. The zero-order chi connectivity index (χ0) is 13.8. The second-order valence-corrected chi connectivity index (χ2v) is 5.10. The number of carboxylic acids is 1. The molecule has 6 nitrogen and oxygen atoms in total. The third-order valence-corrected chi connectivity index (χ3v) is 3.05. The van der Waals surface area contributed by atoms with E-state index in [1.165, 1.54) is 6.33 Å². The van der Waals surface area contributed by atoms with Gasteiger partial charge in [-0.1, -0.05) is 20.8 Å². The summed E-state index contributed by atoms with van der Waals surface area (Å²) in [7, 11) is 0. The summed E-state index contributed by atoms with van der Waals surface area (Å²) in [6.07, 6.45) is 2.02. The van der Waals surface area contributed by atoms with Gasteiger partial charge in [-0.3, -0.25) is 10.1 Å². The predicted molar refractivity (Wildman–Crippen MR) is 68.0 cm³/mol. The summed E-state index contributed by atoms with van der Waals surface area (Å²) in [5.41, 5.74) is -0.922. The first-order valence-corrected chi connectivity index (χ1v) is 6.24. The van der Waals surface area contributed by atoms with Crippen molar-refractivity contribution in [2.45, 2.75) is 52.7 Å². The monoisotopic (exact) mass is 254 g/mol. The van der Waals surface area contributed by atoms with E-state index in [1.54, 1.807) is 6.92 Å². The maximum atomic E-state index is 11.2. The molecule has 0 bridgehead atoms. The maximum absolute atomic E-state index is 11.2. The smallest absolute Gasteiger partial charge is 0.323 e. The van der Waals surface area contributed by atoms with Gasteiger partial charge >= 0.3 is 5.97 Å². The van der Waals surface area contributed by atoms with E-state index < -0.39 is 11.5 Å². The third kappa shape index (κ3) is 3.53. The van der Waals surface area contributed by atoms with Gasteiger partial charge in [0.15, 0.2) is 0 Å². The van der Waals surface area contributed by atoms with Crippen LogP contribution >= 0.6 is 0 Å². The number of carbonyl (C=O) groups is 1. The lowest BCUT2D eigenvalue weighted by Gasteiger charge is -2.24. The quantitative estimate of drug-likeness (QED) is 0.766. The van der Waals surface area contributed by atoms with Crippen molar-refractivity contribution in [3.63, 3.8) is 0 Å². The predicted octanol–water partition coefficient (Wildman–Crippen LogP) is 1.28. The fourth-order valence-corrected chi connectivity index (χ4v) is 1.55. The van der Waals surface area contributed by atoms with E-state index in [-0.39, 0.29) is 0 Å². The number of rotatable bonds is 7. The molecular weight excluding hydrogens is 232 g/mol. The molecule has 0 aliphatic carbocycles. The van der Waals surface area contributed by atoms with Gasteiger partial charge in [0.1, 0.15) is 17.7 Å². The zero-order valence-electron chi connectivity index (χ0n) is 11.5. The lowest BCUT2D eigenvalue weighted by molar-refractivity contribution is -0.144. The van der Waals surface area contributed by atoms with E-state index in [0.717, 1.165) is 12.4 Å². The zero-order valence-corrected chi connectivity index (χ0v) is 11.5. The van der Waals surface area contributed by atoms with Crippen LogP contribution in [0, 0.1) is 5.92 Å². The molecule has 1 unspecified atom stereocenters. The molecule has 0 amide bonds. The SMILES string of the molecule is CCC(C)(NCc1ncnn1CC(C)C)C(=O)O. The van der Waals surface area contributed by atoms with Gasteiger partial charge < -0.3 is 5.11 Å². The molecule has 1 rings (SSSR count). The Morgan fingerprint density at radius 3 is 2.78 bits per heavy atom. The van der Waals surface area contributed by atoms with Crippen LogP contribution in [-0.2, 0) is 17.9 Å². The molecule has 0 aliphatic rings. The van der Waals surface area contributed by atoms with E-state index in [2.05, 4.69) is 29.2 Å². The van der Waals surface area contributed by atoms with Gasteiger partial charge in [0.25, 0.3) is 0 Å². The average Bonchev–Trinajstić information content (AvgIpc) is 2.72. The Morgan fingerprint density at radius 1 is 1.61 bits per heavy atom. The van der Waals surface area contributed by atoms with Crippen molar-refractivity contribution in [1.82, 2.24) is 20.1 Å². The van der Waals surface area contributed by atoms with Gasteiger partial charge in [-0.05, 0) is 19.3 Å². The average molecular weight is 254 g/mol. The van der Waals surface area contributed by atoms with Gasteiger partial charge in [-0.15, -0.1) is 0 Å². The van der Waals surface area contributed by atoms with Crippen LogP contribution in [0.1, 0.15) is 39.9 Å². The number of nitrogens with zero attached hydrogens (tertiary/aromatic N) is 3. The first kappa shape index (κ1) is 14.6. The molecule has 0 saturated carbocycles. The lowest BCUT2D eigenvalue weighted by atomic mass is 9.99. The summed E-state index contributed by atoms with van der Waals surface area (Å²) in [6, 6.07) is 0. The highest BCUT2D eigenvalue weighted by atomic mass is 16.4. The first-order valence-electron chi connectivity index (χ1n) is 6.24. The summed E-state index contributed by atoms with van der Waals surface area (Å²) < 4.78 is 1.82. The minimum absolute atomic E-state index is 0.406. The van der Waals surface area contributed by atoms with Crippen molar-refractivity contribution in [3.05, 3.63) is 12.2 Å². The number of nitrogens with one attached hydrogen (secondary N) is 1. The van der Waals surface area contributed by atoms with Crippen molar-refractivity contribution in [2.75, 3.05) is 0 Å². The number of hydrogen-bond donors (Lipinski definition) is 2. The van der Waals surface area contributed by atoms with Crippen molar-refractivity contribution >= 4 is 5.97 Å². The summed E-state index contributed by atoms with van der Waals surface area (Å²) in [5.74, 6) is 0.395. The summed E-state index contributed by atoms with van der Waals surface area (Å²) in [6.45, 7) is 8.92. The van der Waals surface area contributed by atoms with Crippen LogP contribution in [0.15, 0.2) is 6.33 Å². The van der Waals surface area contributed by atoms with Crippen LogP contribution in [-0.4, -0.2) is 31.4 Å². The van der Waals surface area contributed by atoms with Crippen LogP contribution in [0.5, 0.6) is 0 Å². The van der Waals surface area contributed by atoms with Gasteiger partial charge in [0.05, 0.1) is 6.54 Å². The van der Waals surface area contributed by atoms with Crippen LogP contribution in [0.25, 0.3) is 0 Å². The van der Waals surface area contributed by atoms with E-state index in [9.17, 15) is 9.90 Å². The van der Waals surface area contributed by atoms with Gasteiger partial charge in [-0.2, -0.15) is 5.10 Å². The first-order chi connectivity index (χ1) is 8.39. The normalized spacial score (nSPS) is 14.7. The maximum Gasteiger partial charge on any atom is 0.323 e. The molecular formula is C12H22N4O2. The Bertz CT molecular complexity index is 403. The summed E-state index contributed by atoms with van der Waals surface area (Å²) in [5, 5.41) is 16.4. The Morgan fingerprint density at radius 2 is 2.28 bits per heavy atom. The largest absolute Gasteiger partial charge is 0.480 e. The second kappa shape index (κ2) is 5.95. The van der Waals surface area contributed by atoms with Crippen molar-refractivity contribution in [1.29, 1.82) is 0 Å². The van der Waals surface area contributed by atoms with Gasteiger partial charge in [-0.25, -0.2) is 9.67 Å². The molecule has 0 aliphatic heterocycles. The minimum atomic E-state index is -0.922. The molecule has 1 aromatic rings. The molecule has 18 heavy (non-hydrogen) atoms. The number of carboxylic acid groups (broad SMARTS) is 1. The van der Waals surface area contributed by atoms with Gasteiger partial charge in [0.2, 0.25) is 0 Å². The van der Waals surface area contributed by atoms with E-state index in [0.29, 0.717) is 18.9 Å². The van der Waals surface area contributed by atoms with Crippen molar-refractivity contribution < 1.29 is 9.90 Å². The van der Waals surface area contributed by atoms with Gasteiger partial charge in [0, 0.05) is 6.54 Å². The molecule has 0 spiro atoms. The summed E-state index contributed by atoms with van der Waals surface area (Å²) >= 11 is 0. The van der Waals surface area contributed by atoms with Crippen LogP contribution < -0.4 is 5.32 Å². The summed E-state index contributed by atoms with van der Waals surface area (Å²) in [4.78, 5) is 15.3. The molecule has 1 aromatic heterocycles. The number of aliphatic carboxylic acids is 1. The minimum Gasteiger partial charge on any atom is -0.480 e. The molecule has 1 heterocycles.